The van der Waals surface area contributed by atoms with Gasteiger partial charge >= 0.3 is 5.97 Å². The standard InChI is InChI=1S/C11H11BrO3/c1-7(11(13)14)5-8-6-9(15-2)3-4-10(8)12/h3-6H,1-2H3,(H,13,14)/b7-5+. The summed E-state index contributed by atoms with van der Waals surface area (Å²) in [7, 11) is 1.57. The molecule has 0 spiro atoms. The van der Waals surface area contributed by atoms with E-state index in [0.29, 0.717) is 5.75 Å². The number of ether oxygens (including phenoxy) is 1. The summed E-state index contributed by atoms with van der Waals surface area (Å²) in [5.41, 5.74) is 1.07. The van der Waals surface area contributed by atoms with Gasteiger partial charge in [-0.2, -0.15) is 0 Å². The van der Waals surface area contributed by atoms with E-state index in [-0.39, 0.29) is 5.57 Å². The number of aliphatic carboxylic acids is 1. The van der Waals surface area contributed by atoms with Crippen LogP contribution < -0.4 is 4.74 Å². The first kappa shape index (κ1) is 11.8. The van der Waals surface area contributed by atoms with Gasteiger partial charge < -0.3 is 9.84 Å². The van der Waals surface area contributed by atoms with Gasteiger partial charge in [0.25, 0.3) is 0 Å². The van der Waals surface area contributed by atoms with E-state index in [9.17, 15) is 4.79 Å². The molecule has 0 aromatic heterocycles. The summed E-state index contributed by atoms with van der Waals surface area (Å²) in [4.78, 5) is 10.7. The molecule has 1 aromatic rings. The van der Waals surface area contributed by atoms with E-state index in [0.717, 1.165) is 10.0 Å². The summed E-state index contributed by atoms with van der Waals surface area (Å²) >= 11 is 3.34. The Labute approximate surface area is 96.5 Å². The fraction of sp³-hybridized carbons (Fsp3) is 0.182. The summed E-state index contributed by atoms with van der Waals surface area (Å²) < 4.78 is 5.89. The van der Waals surface area contributed by atoms with Gasteiger partial charge in [0, 0.05) is 10.0 Å². The maximum atomic E-state index is 10.7. The molecule has 0 heterocycles. The minimum Gasteiger partial charge on any atom is -0.497 e. The van der Waals surface area contributed by atoms with E-state index >= 15 is 0 Å². The molecule has 0 saturated heterocycles. The first-order valence-corrected chi connectivity index (χ1v) is 5.09. The van der Waals surface area contributed by atoms with Crippen LogP contribution in [0.4, 0.5) is 0 Å². The molecule has 0 bridgehead atoms. The Morgan fingerprint density at radius 2 is 2.20 bits per heavy atom. The Kier molecular flexibility index (Phi) is 3.91. The van der Waals surface area contributed by atoms with E-state index in [1.54, 1.807) is 32.2 Å². The molecule has 1 N–H and O–H groups in total. The molecule has 0 unspecified atom stereocenters. The van der Waals surface area contributed by atoms with Gasteiger partial charge in [-0.3, -0.25) is 0 Å². The zero-order chi connectivity index (χ0) is 11.4. The molecular weight excluding hydrogens is 260 g/mol. The Morgan fingerprint density at radius 3 is 2.73 bits per heavy atom. The number of carboxylic acid groups (broad SMARTS) is 1. The minimum atomic E-state index is -0.926. The van der Waals surface area contributed by atoms with Crippen LogP contribution in [0.15, 0.2) is 28.2 Å². The molecule has 0 saturated carbocycles. The fourth-order valence-corrected chi connectivity index (χ4v) is 1.42. The van der Waals surface area contributed by atoms with Crippen molar-refractivity contribution in [2.45, 2.75) is 6.92 Å². The molecule has 0 radical (unpaired) electrons. The molecule has 1 aromatic carbocycles. The number of halogens is 1. The van der Waals surface area contributed by atoms with Gasteiger partial charge in [-0.05, 0) is 36.8 Å². The number of hydrogen-bond donors (Lipinski definition) is 1. The zero-order valence-corrected chi connectivity index (χ0v) is 10.0. The van der Waals surface area contributed by atoms with Gasteiger partial charge in [-0.1, -0.05) is 15.9 Å². The van der Waals surface area contributed by atoms with Gasteiger partial charge in [0.1, 0.15) is 5.75 Å². The van der Waals surface area contributed by atoms with Crippen molar-refractivity contribution >= 4 is 28.0 Å². The molecule has 1 rings (SSSR count). The van der Waals surface area contributed by atoms with E-state index in [1.807, 2.05) is 6.07 Å². The van der Waals surface area contributed by atoms with E-state index in [2.05, 4.69) is 15.9 Å². The van der Waals surface area contributed by atoms with E-state index < -0.39 is 5.97 Å². The first-order chi connectivity index (χ1) is 7.04. The van der Waals surface area contributed by atoms with Crippen molar-refractivity contribution in [2.75, 3.05) is 7.11 Å². The van der Waals surface area contributed by atoms with Gasteiger partial charge in [0.15, 0.2) is 0 Å². The van der Waals surface area contributed by atoms with Crippen LogP contribution >= 0.6 is 15.9 Å². The molecule has 0 amide bonds. The summed E-state index contributed by atoms with van der Waals surface area (Å²) in [6.07, 6.45) is 1.59. The lowest BCUT2D eigenvalue weighted by Gasteiger charge is -2.03. The third-order valence-electron chi connectivity index (χ3n) is 1.91. The van der Waals surface area contributed by atoms with Crippen molar-refractivity contribution in [3.63, 3.8) is 0 Å². The van der Waals surface area contributed by atoms with Crippen LogP contribution in [0.2, 0.25) is 0 Å². The number of methoxy groups -OCH3 is 1. The third kappa shape index (κ3) is 3.09. The van der Waals surface area contributed by atoms with Crippen LogP contribution in [0.3, 0.4) is 0 Å². The lowest BCUT2D eigenvalue weighted by atomic mass is 10.1. The summed E-state index contributed by atoms with van der Waals surface area (Å²) in [5, 5.41) is 8.75. The maximum absolute atomic E-state index is 10.7. The second-order valence-corrected chi connectivity index (χ2v) is 3.87. The first-order valence-electron chi connectivity index (χ1n) is 4.29. The van der Waals surface area contributed by atoms with Crippen molar-refractivity contribution in [3.8, 4) is 5.75 Å². The third-order valence-corrected chi connectivity index (χ3v) is 2.63. The summed E-state index contributed by atoms with van der Waals surface area (Å²) in [6, 6.07) is 5.40. The summed E-state index contributed by atoms with van der Waals surface area (Å²) in [5.74, 6) is -0.229. The number of hydrogen-bond acceptors (Lipinski definition) is 2. The minimum absolute atomic E-state index is 0.281. The fourth-order valence-electron chi connectivity index (χ4n) is 1.05. The molecule has 80 valence electrons. The molecule has 3 nitrogen and oxygen atoms in total. The number of carboxylic acids is 1. The number of carbonyl (C=O) groups is 1. The highest BCUT2D eigenvalue weighted by atomic mass is 79.9. The molecule has 0 aliphatic heterocycles. The van der Waals surface area contributed by atoms with Crippen molar-refractivity contribution in [3.05, 3.63) is 33.8 Å². The monoisotopic (exact) mass is 270 g/mol. The molecule has 15 heavy (non-hydrogen) atoms. The lowest BCUT2D eigenvalue weighted by Crippen LogP contribution is -1.95. The second kappa shape index (κ2) is 4.98. The number of rotatable bonds is 3. The SMILES string of the molecule is COc1ccc(Br)c(/C=C(\C)C(=O)O)c1. The Bertz CT molecular complexity index is 410. The topological polar surface area (TPSA) is 46.5 Å². The smallest absolute Gasteiger partial charge is 0.331 e. The molecule has 0 aliphatic rings. The van der Waals surface area contributed by atoms with E-state index in [4.69, 9.17) is 9.84 Å². The zero-order valence-electron chi connectivity index (χ0n) is 8.45. The predicted molar refractivity (Wildman–Crippen MR) is 62.0 cm³/mol. The van der Waals surface area contributed by atoms with Crippen molar-refractivity contribution in [1.29, 1.82) is 0 Å². The predicted octanol–water partition coefficient (Wildman–Crippen LogP) is 2.95. The molecule has 0 aliphatic carbocycles. The Morgan fingerprint density at radius 1 is 1.53 bits per heavy atom. The van der Waals surface area contributed by atoms with Crippen LogP contribution in [0.5, 0.6) is 5.75 Å². The average molecular weight is 271 g/mol. The maximum Gasteiger partial charge on any atom is 0.331 e. The van der Waals surface area contributed by atoms with Crippen LogP contribution in [0.1, 0.15) is 12.5 Å². The largest absolute Gasteiger partial charge is 0.497 e. The van der Waals surface area contributed by atoms with Crippen molar-refractivity contribution in [2.24, 2.45) is 0 Å². The Balaban J connectivity index is 3.13. The van der Waals surface area contributed by atoms with Gasteiger partial charge in [0.05, 0.1) is 7.11 Å². The van der Waals surface area contributed by atoms with Gasteiger partial charge in [-0.25, -0.2) is 4.79 Å². The Hall–Kier alpha value is -1.29. The van der Waals surface area contributed by atoms with Crippen LogP contribution in [-0.4, -0.2) is 18.2 Å². The van der Waals surface area contributed by atoms with E-state index in [1.165, 1.54) is 0 Å². The normalized spacial score (nSPS) is 11.3. The average Bonchev–Trinajstić information content (AvgIpc) is 2.21. The highest BCUT2D eigenvalue weighted by molar-refractivity contribution is 9.10. The van der Waals surface area contributed by atoms with Crippen molar-refractivity contribution in [1.82, 2.24) is 0 Å². The highest BCUT2D eigenvalue weighted by Gasteiger charge is 2.03. The molecule has 0 fully saturated rings. The van der Waals surface area contributed by atoms with Gasteiger partial charge in [0.2, 0.25) is 0 Å². The molecular formula is C11H11BrO3. The van der Waals surface area contributed by atoms with Crippen LogP contribution in [0.25, 0.3) is 6.08 Å². The highest BCUT2D eigenvalue weighted by Crippen LogP contribution is 2.24. The summed E-state index contributed by atoms with van der Waals surface area (Å²) in [6.45, 7) is 1.55. The van der Waals surface area contributed by atoms with Crippen molar-refractivity contribution < 1.29 is 14.6 Å². The quantitative estimate of drug-likeness (QED) is 0.860. The molecule has 0 atom stereocenters. The van der Waals surface area contributed by atoms with Crippen LogP contribution in [-0.2, 0) is 4.79 Å². The van der Waals surface area contributed by atoms with Gasteiger partial charge in [-0.15, -0.1) is 0 Å². The molecule has 4 heteroatoms. The number of benzene rings is 1. The van der Waals surface area contributed by atoms with Crippen LogP contribution in [0, 0.1) is 0 Å². The second-order valence-electron chi connectivity index (χ2n) is 3.02. The lowest BCUT2D eigenvalue weighted by molar-refractivity contribution is -0.132.